The molecule has 0 aliphatic rings. The summed E-state index contributed by atoms with van der Waals surface area (Å²) in [5.41, 5.74) is 1.54. The molecule has 0 aromatic carbocycles. The van der Waals surface area contributed by atoms with Gasteiger partial charge in [-0.25, -0.2) is 4.79 Å². The number of fused-ring (bicyclic) bond motifs is 1. The highest BCUT2D eigenvalue weighted by Crippen LogP contribution is 2.12. The zero-order valence-corrected chi connectivity index (χ0v) is 5.83. The topological polar surface area (TPSA) is 56.2 Å². The number of hydrogen-bond acceptors (Lipinski definition) is 4. The summed E-state index contributed by atoms with van der Waals surface area (Å²) in [5, 5.41) is 0. The van der Waals surface area contributed by atoms with E-state index in [1.165, 1.54) is 0 Å². The van der Waals surface area contributed by atoms with Crippen LogP contribution in [0, 0.1) is 6.92 Å². The van der Waals surface area contributed by atoms with Gasteiger partial charge in [-0.1, -0.05) is 0 Å². The molecule has 0 unspecified atom stereocenters. The third kappa shape index (κ3) is 0.832. The van der Waals surface area contributed by atoms with Crippen LogP contribution in [0.3, 0.4) is 0 Å². The summed E-state index contributed by atoms with van der Waals surface area (Å²) in [6.07, 6.45) is 1.57. The third-order valence-corrected chi connectivity index (χ3v) is 1.43. The second-order valence-corrected chi connectivity index (χ2v) is 2.18. The number of pyridine rings is 1. The van der Waals surface area contributed by atoms with E-state index in [2.05, 4.69) is 9.40 Å². The fourth-order valence-corrected chi connectivity index (χ4v) is 0.928. The molecule has 0 fully saturated rings. The predicted octanol–water partition coefficient (Wildman–Crippen LogP) is 1.09. The van der Waals surface area contributed by atoms with Crippen molar-refractivity contribution in [2.45, 2.75) is 6.92 Å². The molecule has 0 atom stereocenters. The quantitative estimate of drug-likeness (QED) is 0.565. The number of aryl methyl sites for hydroxylation is 1. The summed E-state index contributed by atoms with van der Waals surface area (Å²) in [6.45, 7) is 1.75. The van der Waals surface area contributed by atoms with Gasteiger partial charge in [-0.3, -0.25) is 4.98 Å². The zero-order chi connectivity index (χ0) is 7.84. The van der Waals surface area contributed by atoms with Gasteiger partial charge in [0.05, 0.1) is 5.69 Å². The highest BCUT2D eigenvalue weighted by atomic mass is 16.6. The second-order valence-electron chi connectivity index (χ2n) is 2.18. The lowest BCUT2D eigenvalue weighted by Crippen LogP contribution is -1.84. The summed E-state index contributed by atoms with van der Waals surface area (Å²) in [5.74, 6) is -0.684. The van der Waals surface area contributed by atoms with Gasteiger partial charge in [-0.15, -0.1) is 0 Å². The molecule has 0 saturated heterocycles. The van der Waals surface area contributed by atoms with Gasteiger partial charge >= 0.3 is 5.82 Å². The van der Waals surface area contributed by atoms with Gasteiger partial charge < -0.3 is 8.83 Å². The molecule has 4 heteroatoms. The molecule has 0 bridgehead atoms. The van der Waals surface area contributed by atoms with Crippen LogP contribution < -0.4 is 5.82 Å². The number of rotatable bonds is 0. The van der Waals surface area contributed by atoms with Crippen molar-refractivity contribution in [1.29, 1.82) is 0 Å². The molecule has 2 aromatic heterocycles. The van der Waals surface area contributed by atoms with Crippen LogP contribution in [0.1, 0.15) is 5.69 Å². The van der Waals surface area contributed by atoms with E-state index in [0.29, 0.717) is 16.9 Å². The van der Waals surface area contributed by atoms with E-state index in [9.17, 15) is 4.79 Å². The maximum Gasteiger partial charge on any atom is 0.519 e. The molecule has 11 heavy (non-hydrogen) atoms. The van der Waals surface area contributed by atoms with Crippen LogP contribution in [-0.2, 0) is 0 Å². The van der Waals surface area contributed by atoms with Gasteiger partial charge in [0, 0.05) is 12.3 Å². The molecule has 0 amide bonds. The Kier molecular flexibility index (Phi) is 1.09. The molecule has 0 aliphatic heterocycles. The van der Waals surface area contributed by atoms with Gasteiger partial charge in [-0.05, 0) is 6.92 Å². The van der Waals surface area contributed by atoms with Crippen molar-refractivity contribution >= 4 is 11.2 Å². The molecule has 4 nitrogen and oxygen atoms in total. The molecular formula is C7H5NO3. The molecule has 2 rings (SSSR count). The average Bonchev–Trinajstić information content (AvgIpc) is 2.31. The lowest BCUT2D eigenvalue weighted by molar-refractivity contribution is 0.408. The molecule has 56 valence electrons. The minimum atomic E-state index is -0.684. The Morgan fingerprint density at radius 3 is 3.00 bits per heavy atom. The summed E-state index contributed by atoms with van der Waals surface area (Å²) in [4.78, 5) is 14.5. The van der Waals surface area contributed by atoms with Gasteiger partial charge in [0.25, 0.3) is 0 Å². The SMILES string of the molecule is Cc1nccc2oc(=O)oc12. The summed E-state index contributed by atoms with van der Waals surface area (Å²) in [6, 6.07) is 1.59. The number of hydrogen-bond donors (Lipinski definition) is 0. The first kappa shape index (κ1) is 6.15. The molecule has 2 heterocycles. The summed E-state index contributed by atoms with van der Waals surface area (Å²) in [7, 11) is 0. The van der Waals surface area contributed by atoms with Crippen LogP contribution in [0.5, 0.6) is 0 Å². The maximum absolute atomic E-state index is 10.6. The van der Waals surface area contributed by atoms with E-state index in [-0.39, 0.29) is 0 Å². The Balaban J connectivity index is 3.01. The smallest absolute Gasteiger partial charge is 0.391 e. The minimum absolute atomic E-state index is 0.428. The third-order valence-electron chi connectivity index (χ3n) is 1.43. The van der Waals surface area contributed by atoms with E-state index >= 15 is 0 Å². The average molecular weight is 151 g/mol. The Hall–Kier alpha value is -1.58. The first-order valence-electron chi connectivity index (χ1n) is 3.12. The number of nitrogens with zero attached hydrogens (tertiary/aromatic N) is 1. The summed E-state index contributed by atoms with van der Waals surface area (Å²) < 4.78 is 9.40. The highest BCUT2D eigenvalue weighted by Gasteiger charge is 2.05. The lowest BCUT2D eigenvalue weighted by atomic mass is 10.3. The Bertz CT molecular complexity index is 440. The molecule has 2 aromatic rings. The van der Waals surface area contributed by atoms with Crippen molar-refractivity contribution in [3.8, 4) is 0 Å². The minimum Gasteiger partial charge on any atom is -0.391 e. The molecular weight excluding hydrogens is 146 g/mol. The second kappa shape index (κ2) is 1.95. The Labute approximate surface area is 61.5 Å². The van der Waals surface area contributed by atoms with E-state index in [1.54, 1.807) is 19.2 Å². The number of aromatic nitrogens is 1. The fourth-order valence-electron chi connectivity index (χ4n) is 0.928. The Morgan fingerprint density at radius 1 is 1.45 bits per heavy atom. The fraction of sp³-hybridized carbons (Fsp3) is 0.143. The van der Waals surface area contributed by atoms with Crippen LogP contribution in [0.2, 0.25) is 0 Å². The molecule has 0 N–H and O–H groups in total. The maximum atomic E-state index is 10.6. The first-order chi connectivity index (χ1) is 5.27. The van der Waals surface area contributed by atoms with Crippen molar-refractivity contribution in [2.75, 3.05) is 0 Å². The lowest BCUT2D eigenvalue weighted by Gasteiger charge is -1.86. The normalized spacial score (nSPS) is 10.6. The monoisotopic (exact) mass is 151 g/mol. The largest absolute Gasteiger partial charge is 0.519 e. The zero-order valence-electron chi connectivity index (χ0n) is 5.83. The van der Waals surface area contributed by atoms with Crippen LogP contribution in [0.4, 0.5) is 0 Å². The van der Waals surface area contributed by atoms with Crippen molar-refractivity contribution in [3.63, 3.8) is 0 Å². The van der Waals surface area contributed by atoms with E-state index < -0.39 is 5.82 Å². The molecule has 0 radical (unpaired) electrons. The van der Waals surface area contributed by atoms with Gasteiger partial charge in [-0.2, -0.15) is 0 Å². The first-order valence-corrected chi connectivity index (χ1v) is 3.12. The van der Waals surface area contributed by atoms with Gasteiger partial charge in [0.2, 0.25) is 0 Å². The van der Waals surface area contributed by atoms with Crippen molar-refractivity contribution in [1.82, 2.24) is 4.98 Å². The van der Waals surface area contributed by atoms with Crippen molar-refractivity contribution in [3.05, 3.63) is 28.6 Å². The summed E-state index contributed by atoms with van der Waals surface area (Å²) >= 11 is 0. The van der Waals surface area contributed by atoms with Crippen LogP contribution in [0.25, 0.3) is 11.2 Å². The highest BCUT2D eigenvalue weighted by molar-refractivity contribution is 5.71. The van der Waals surface area contributed by atoms with Gasteiger partial charge in [0.15, 0.2) is 11.2 Å². The molecule has 0 spiro atoms. The van der Waals surface area contributed by atoms with Crippen molar-refractivity contribution in [2.24, 2.45) is 0 Å². The standard InChI is InChI=1S/C7H5NO3/c1-4-6-5(2-3-8-4)10-7(9)11-6/h2-3H,1H3. The Morgan fingerprint density at radius 2 is 2.27 bits per heavy atom. The van der Waals surface area contributed by atoms with Crippen LogP contribution >= 0.6 is 0 Å². The molecule has 0 aliphatic carbocycles. The van der Waals surface area contributed by atoms with E-state index in [1.807, 2.05) is 0 Å². The van der Waals surface area contributed by atoms with E-state index in [4.69, 9.17) is 4.42 Å². The van der Waals surface area contributed by atoms with Crippen LogP contribution in [0.15, 0.2) is 25.9 Å². The van der Waals surface area contributed by atoms with Crippen molar-refractivity contribution < 1.29 is 8.83 Å². The van der Waals surface area contributed by atoms with Crippen LogP contribution in [-0.4, -0.2) is 4.98 Å². The molecule has 0 saturated carbocycles. The predicted molar refractivity (Wildman–Crippen MR) is 37.3 cm³/mol. The van der Waals surface area contributed by atoms with Gasteiger partial charge in [0.1, 0.15) is 0 Å². The van der Waals surface area contributed by atoms with E-state index in [0.717, 1.165) is 0 Å².